The molecule has 0 amide bonds. The third-order valence-corrected chi connectivity index (χ3v) is 4.77. The number of halogens is 2. The van der Waals surface area contributed by atoms with Crippen molar-refractivity contribution in [3.05, 3.63) is 29.3 Å². The van der Waals surface area contributed by atoms with Crippen LogP contribution in [-0.2, 0) is 15.6 Å². The average molecular weight is 322 g/mol. The lowest BCUT2D eigenvalue weighted by atomic mass is 10.1. The van der Waals surface area contributed by atoms with Crippen LogP contribution in [0.3, 0.4) is 0 Å². The van der Waals surface area contributed by atoms with Crippen molar-refractivity contribution in [2.75, 3.05) is 12.9 Å². The number of aliphatic hydroxyl groups is 1. The lowest BCUT2D eigenvalue weighted by Crippen LogP contribution is -2.20. The number of hydrogen-bond acceptors (Lipinski definition) is 4. The molecule has 0 aromatic heterocycles. The standard InChI is InChI=1S/C14H20F2O4S/c1-9(2)13(17)4-5-21(18,19)8-10-6-11(15)14(20-3)12(16)7-10/h6-7,9,13,17H,4-5,8H2,1-3H3. The Morgan fingerprint density at radius 1 is 1.24 bits per heavy atom. The van der Waals surface area contributed by atoms with E-state index in [-0.39, 0.29) is 23.7 Å². The summed E-state index contributed by atoms with van der Waals surface area (Å²) in [5.41, 5.74) is 0.0184. The van der Waals surface area contributed by atoms with Gasteiger partial charge in [0.15, 0.2) is 27.2 Å². The fraction of sp³-hybridized carbons (Fsp3) is 0.571. The monoisotopic (exact) mass is 322 g/mol. The van der Waals surface area contributed by atoms with Crippen LogP contribution in [0.15, 0.2) is 12.1 Å². The van der Waals surface area contributed by atoms with Crippen LogP contribution in [0.5, 0.6) is 5.75 Å². The van der Waals surface area contributed by atoms with E-state index in [9.17, 15) is 22.3 Å². The molecule has 1 unspecified atom stereocenters. The largest absolute Gasteiger partial charge is 0.491 e. The Kier molecular flexibility index (Phi) is 6.10. The first kappa shape index (κ1) is 17.8. The van der Waals surface area contributed by atoms with Crippen molar-refractivity contribution < 1.29 is 27.0 Å². The van der Waals surface area contributed by atoms with Gasteiger partial charge in [0.05, 0.1) is 24.7 Å². The average Bonchev–Trinajstić information content (AvgIpc) is 2.35. The fourth-order valence-electron chi connectivity index (χ4n) is 1.85. The van der Waals surface area contributed by atoms with Crippen molar-refractivity contribution in [3.8, 4) is 5.75 Å². The van der Waals surface area contributed by atoms with Gasteiger partial charge in [-0.25, -0.2) is 17.2 Å². The van der Waals surface area contributed by atoms with E-state index in [1.165, 1.54) is 0 Å². The Labute approximate surface area is 123 Å². The zero-order chi connectivity index (χ0) is 16.2. The Morgan fingerprint density at radius 2 is 1.76 bits per heavy atom. The lowest BCUT2D eigenvalue weighted by Gasteiger charge is -2.14. The van der Waals surface area contributed by atoms with Crippen LogP contribution in [-0.4, -0.2) is 32.5 Å². The van der Waals surface area contributed by atoms with Crippen molar-refractivity contribution in [2.45, 2.75) is 32.1 Å². The highest BCUT2D eigenvalue weighted by Gasteiger charge is 2.19. The molecule has 1 rings (SSSR count). The van der Waals surface area contributed by atoms with E-state index in [1.54, 1.807) is 13.8 Å². The van der Waals surface area contributed by atoms with Gasteiger partial charge in [-0.3, -0.25) is 0 Å². The molecule has 0 aliphatic rings. The summed E-state index contributed by atoms with van der Waals surface area (Å²) < 4.78 is 55.4. The second-order valence-corrected chi connectivity index (χ2v) is 7.47. The molecule has 0 saturated heterocycles. The first-order valence-electron chi connectivity index (χ1n) is 6.56. The molecule has 0 spiro atoms. The summed E-state index contributed by atoms with van der Waals surface area (Å²) in [5, 5.41) is 9.61. The summed E-state index contributed by atoms with van der Waals surface area (Å²) in [4.78, 5) is 0. The number of sulfone groups is 1. The predicted octanol–water partition coefficient (Wildman–Crippen LogP) is 2.30. The van der Waals surface area contributed by atoms with Gasteiger partial charge in [-0.1, -0.05) is 13.8 Å². The molecule has 1 atom stereocenters. The van der Waals surface area contributed by atoms with Gasteiger partial charge in [-0.05, 0) is 30.0 Å². The van der Waals surface area contributed by atoms with Crippen LogP contribution < -0.4 is 4.74 Å². The number of ether oxygens (including phenoxy) is 1. The lowest BCUT2D eigenvalue weighted by molar-refractivity contribution is 0.122. The van der Waals surface area contributed by atoms with Crippen LogP contribution >= 0.6 is 0 Å². The minimum absolute atomic E-state index is 0.0184. The maximum Gasteiger partial charge on any atom is 0.190 e. The Morgan fingerprint density at radius 3 is 2.19 bits per heavy atom. The van der Waals surface area contributed by atoms with Gasteiger partial charge in [0, 0.05) is 0 Å². The summed E-state index contributed by atoms with van der Waals surface area (Å²) in [7, 11) is -2.42. The highest BCUT2D eigenvalue weighted by Crippen LogP contribution is 2.24. The minimum Gasteiger partial charge on any atom is -0.491 e. The van der Waals surface area contributed by atoms with Crippen LogP contribution in [0, 0.1) is 17.6 Å². The molecule has 4 nitrogen and oxygen atoms in total. The highest BCUT2D eigenvalue weighted by atomic mass is 32.2. The minimum atomic E-state index is -3.55. The van der Waals surface area contributed by atoms with E-state index >= 15 is 0 Å². The summed E-state index contributed by atoms with van der Waals surface area (Å²) in [5.74, 6) is -3.17. The molecule has 0 heterocycles. The third kappa shape index (κ3) is 5.24. The molecule has 0 aliphatic heterocycles. The quantitative estimate of drug-likeness (QED) is 0.836. The molecule has 0 saturated carbocycles. The van der Waals surface area contributed by atoms with Crippen LogP contribution in [0.2, 0.25) is 0 Å². The van der Waals surface area contributed by atoms with Crippen molar-refractivity contribution in [1.29, 1.82) is 0 Å². The molecule has 1 N–H and O–H groups in total. The maximum absolute atomic E-state index is 13.5. The van der Waals surface area contributed by atoms with Crippen molar-refractivity contribution in [2.24, 2.45) is 5.92 Å². The first-order valence-corrected chi connectivity index (χ1v) is 8.39. The molecule has 0 fully saturated rings. The fourth-order valence-corrected chi connectivity index (χ4v) is 3.27. The second-order valence-electron chi connectivity index (χ2n) is 5.28. The molecule has 0 aliphatic carbocycles. The van der Waals surface area contributed by atoms with E-state index in [0.29, 0.717) is 0 Å². The van der Waals surface area contributed by atoms with Gasteiger partial charge < -0.3 is 9.84 Å². The van der Waals surface area contributed by atoms with Crippen LogP contribution in [0.25, 0.3) is 0 Å². The topological polar surface area (TPSA) is 63.6 Å². The van der Waals surface area contributed by atoms with Crippen molar-refractivity contribution in [1.82, 2.24) is 0 Å². The van der Waals surface area contributed by atoms with E-state index in [1.807, 2.05) is 0 Å². The highest BCUT2D eigenvalue weighted by molar-refractivity contribution is 7.90. The molecular weight excluding hydrogens is 302 g/mol. The van der Waals surface area contributed by atoms with E-state index in [4.69, 9.17) is 0 Å². The third-order valence-electron chi connectivity index (χ3n) is 3.14. The van der Waals surface area contributed by atoms with E-state index in [0.717, 1.165) is 19.2 Å². The van der Waals surface area contributed by atoms with Gasteiger partial charge in [0.2, 0.25) is 0 Å². The molecule has 0 bridgehead atoms. The first-order chi connectivity index (χ1) is 9.66. The number of aliphatic hydroxyl groups excluding tert-OH is 1. The zero-order valence-corrected chi connectivity index (χ0v) is 13.1. The molecule has 1 aromatic carbocycles. The van der Waals surface area contributed by atoms with Crippen molar-refractivity contribution >= 4 is 9.84 Å². The smallest absolute Gasteiger partial charge is 0.190 e. The zero-order valence-electron chi connectivity index (χ0n) is 12.3. The molecule has 0 radical (unpaired) electrons. The Hall–Kier alpha value is -1.21. The van der Waals surface area contributed by atoms with Gasteiger partial charge in [0.25, 0.3) is 0 Å². The molecule has 120 valence electrons. The Balaban J connectivity index is 2.80. The normalized spacial score (nSPS) is 13.5. The summed E-state index contributed by atoms with van der Waals surface area (Å²) in [6.07, 6.45) is -0.620. The number of methoxy groups -OCH3 is 1. The molecule has 21 heavy (non-hydrogen) atoms. The SMILES string of the molecule is COc1c(F)cc(CS(=O)(=O)CCC(O)C(C)C)cc1F. The van der Waals surface area contributed by atoms with Gasteiger partial charge in [-0.15, -0.1) is 0 Å². The Bertz CT molecular complexity index is 562. The predicted molar refractivity (Wildman–Crippen MR) is 75.9 cm³/mol. The summed E-state index contributed by atoms with van der Waals surface area (Å²) in [6.45, 7) is 3.57. The second kappa shape index (κ2) is 7.17. The number of hydrogen-bond donors (Lipinski definition) is 1. The molecule has 1 aromatic rings. The van der Waals surface area contributed by atoms with Gasteiger partial charge in [-0.2, -0.15) is 0 Å². The number of rotatable bonds is 7. The van der Waals surface area contributed by atoms with Crippen LogP contribution in [0.4, 0.5) is 8.78 Å². The van der Waals surface area contributed by atoms with Gasteiger partial charge in [0.1, 0.15) is 0 Å². The summed E-state index contributed by atoms with van der Waals surface area (Å²) in [6, 6.07) is 1.89. The maximum atomic E-state index is 13.5. The number of benzene rings is 1. The van der Waals surface area contributed by atoms with E-state index < -0.39 is 39.1 Å². The van der Waals surface area contributed by atoms with Gasteiger partial charge >= 0.3 is 0 Å². The van der Waals surface area contributed by atoms with E-state index in [2.05, 4.69) is 4.74 Å². The molecule has 7 heteroatoms. The molecular formula is C14H20F2O4S. The van der Waals surface area contributed by atoms with Crippen LogP contribution in [0.1, 0.15) is 25.8 Å². The van der Waals surface area contributed by atoms with Crippen molar-refractivity contribution in [3.63, 3.8) is 0 Å². The summed E-state index contributed by atoms with van der Waals surface area (Å²) >= 11 is 0.